The number of nitrogens with one attached hydrogen (secondary N) is 2. The summed E-state index contributed by atoms with van der Waals surface area (Å²) in [6.45, 7) is 6.21. The molecule has 6 heteroatoms. The second-order valence-electron chi connectivity index (χ2n) is 4.61. The summed E-state index contributed by atoms with van der Waals surface area (Å²) in [6.07, 6.45) is 3.02. The minimum absolute atomic E-state index is 0.0169. The molecule has 0 aromatic carbocycles. The molecule has 1 aromatic rings. The van der Waals surface area contributed by atoms with Crippen LogP contribution in [-0.4, -0.2) is 40.8 Å². The van der Waals surface area contributed by atoms with Gasteiger partial charge in [-0.05, 0) is 39.3 Å². The second kappa shape index (κ2) is 5.48. The van der Waals surface area contributed by atoms with E-state index in [-0.39, 0.29) is 11.2 Å². The zero-order valence-electron chi connectivity index (χ0n) is 11.0. The van der Waals surface area contributed by atoms with Gasteiger partial charge in [0.2, 0.25) is 0 Å². The Balaban J connectivity index is 2.19. The Morgan fingerprint density at radius 3 is 2.72 bits per heavy atom. The molecule has 0 aliphatic carbocycles. The summed E-state index contributed by atoms with van der Waals surface area (Å²) in [5.74, 6) is 0.493. The van der Waals surface area contributed by atoms with Crippen molar-refractivity contribution < 1.29 is 9.53 Å². The van der Waals surface area contributed by atoms with E-state index in [9.17, 15) is 4.79 Å². The molecule has 0 amide bonds. The third-order valence-corrected chi connectivity index (χ3v) is 3.68. The van der Waals surface area contributed by atoms with E-state index in [1.54, 1.807) is 6.92 Å². The van der Waals surface area contributed by atoms with Crippen LogP contribution in [0.25, 0.3) is 0 Å². The first kappa shape index (κ1) is 13.0. The van der Waals surface area contributed by atoms with Crippen LogP contribution < -0.4 is 5.32 Å². The number of carbonyl (C=O) groups is 1. The number of piperidine rings is 1. The number of H-pyrrole nitrogens is 1. The van der Waals surface area contributed by atoms with E-state index in [0.29, 0.717) is 6.61 Å². The van der Waals surface area contributed by atoms with E-state index in [0.717, 1.165) is 38.2 Å². The smallest absolute Gasteiger partial charge is 0.378 e. The van der Waals surface area contributed by atoms with Crippen LogP contribution in [0.3, 0.4) is 0 Å². The predicted octanol–water partition coefficient (Wildman–Crippen LogP) is 1.01. The van der Waals surface area contributed by atoms with Crippen LogP contribution in [0.1, 0.15) is 49.6 Å². The van der Waals surface area contributed by atoms with Gasteiger partial charge in [-0.2, -0.15) is 0 Å². The predicted molar refractivity (Wildman–Crippen MR) is 66.4 cm³/mol. The van der Waals surface area contributed by atoms with E-state index in [1.165, 1.54) is 0 Å². The largest absolute Gasteiger partial charge is 0.460 e. The lowest BCUT2D eigenvalue weighted by Crippen LogP contribution is -2.40. The van der Waals surface area contributed by atoms with Crippen LogP contribution in [0.4, 0.5) is 0 Å². The van der Waals surface area contributed by atoms with Crippen LogP contribution in [0.5, 0.6) is 0 Å². The molecule has 0 atom stereocenters. The Bertz CT molecular complexity index is 410. The highest BCUT2D eigenvalue weighted by atomic mass is 16.5. The third kappa shape index (κ3) is 2.38. The van der Waals surface area contributed by atoms with E-state index in [1.807, 2.05) is 0 Å². The molecule has 1 aliphatic heterocycles. The highest BCUT2D eigenvalue weighted by Crippen LogP contribution is 2.34. The average Bonchev–Trinajstić information content (AvgIpc) is 2.90. The molecule has 0 unspecified atom stereocenters. The first-order valence-corrected chi connectivity index (χ1v) is 6.52. The summed E-state index contributed by atoms with van der Waals surface area (Å²) in [6, 6.07) is 0. The SMILES string of the molecule is CCOC(=O)c1n[nH]c(C2(CC)CCNCC2)n1. The van der Waals surface area contributed by atoms with Crippen molar-refractivity contribution in [3.05, 3.63) is 11.6 Å². The minimum atomic E-state index is -0.458. The minimum Gasteiger partial charge on any atom is -0.460 e. The molecule has 6 nitrogen and oxygen atoms in total. The Hall–Kier alpha value is -1.43. The van der Waals surface area contributed by atoms with Gasteiger partial charge in [-0.1, -0.05) is 6.92 Å². The molecule has 1 saturated heterocycles. The zero-order valence-corrected chi connectivity index (χ0v) is 11.0. The van der Waals surface area contributed by atoms with Crippen molar-refractivity contribution in [1.82, 2.24) is 20.5 Å². The molecule has 2 heterocycles. The van der Waals surface area contributed by atoms with Gasteiger partial charge in [0.05, 0.1) is 6.61 Å². The molecular formula is C12H20N4O2. The standard InChI is InChI=1S/C12H20N4O2/c1-3-12(5-7-13-8-6-12)11-14-9(15-16-11)10(17)18-4-2/h13H,3-8H2,1-2H3,(H,14,15,16). The molecule has 18 heavy (non-hydrogen) atoms. The highest BCUT2D eigenvalue weighted by Gasteiger charge is 2.35. The molecule has 2 rings (SSSR count). The molecule has 2 N–H and O–H groups in total. The van der Waals surface area contributed by atoms with Gasteiger partial charge in [-0.25, -0.2) is 9.78 Å². The van der Waals surface area contributed by atoms with Gasteiger partial charge in [-0.3, -0.25) is 5.10 Å². The van der Waals surface area contributed by atoms with Crippen molar-refractivity contribution in [3.63, 3.8) is 0 Å². The summed E-state index contributed by atoms with van der Waals surface area (Å²) in [4.78, 5) is 15.9. The van der Waals surface area contributed by atoms with Crippen LogP contribution in [0.15, 0.2) is 0 Å². The Morgan fingerprint density at radius 1 is 1.39 bits per heavy atom. The van der Waals surface area contributed by atoms with Gasteiger partial charge in [0.25, 0.3) is 5.82 Å². The number of esters is 1. The van der Waals surface area contributed by atoms with E-state index in [2.05, 4.69) is 27.4 Å². The molecule has 0 bridgehead atoms. The summed E-state index contributed by atoms with van der Waals surface area (Å²) >= 11 is 0. The third-order valence-electron chi connectivity index (χ3n) is 3.68. The Morgan fingerprint density at radius 2 is 2.11 bits per heavy atom. The maximum Gasteiger partial charge on any atom is 0.378 e. The summed E-state index contributed by atoms with van der Waals surface area (Å²) < 4.78 is 4.90. The molecule has 0 saturated carbocycles. The number of rotatable bonds is 4. The fourth-order valence-electron chi connectivity index (χ4n) is 2.45. The van der Waals surface area contributed by atoms with E-state index >= 15 is 0 Å². The molecule has 0 radical (unpaired) electrons. The van der Waals surface area contributed by atoms with Crippen molar-refractivity contribution in [3.8, 4) is 0 Å². The number of carbonyl (C=O) groups excluding carboxylic acids is 1. The monoisotopic (exact) mass is 252 g/mol. The lowest BCUT2D eigenvalue weighted by atomic mass is 9.76. The summed E-state index contributed by atoms with van der Waals surface area (Å²) in [7, 11) is 0. The average molecular weight is 252 g/mol. The fourth-order valence-corrected chi connectivity index (χ4v) is 2.45. The van der Waals surface area contributed by atoms with Crippen LogP contribution >= 0.6 is 0 Å². The molecule has 0 spiro atoms. The van der Waals surface area contributed by atoms with Gasteiger partial charge in [0.1, 0.15) is 5.82 Å². The molecule has 1 fully saturated rings. The Labute approximate surface area is 107 Å². The van der Waals surface area contributed by atoms with Gasteiger partial charge >= 0.3 is 5.97 Å². The van der Waals surface area contributed by atoms with Crippen molar-refractivity contribution in [2.24, 2.45) is 0 Å². The normalized spacial score (nSPS) is 18.6. The van der Waals surface area contributed by atoms with Crippen molar-refractivity contribution >= 4 is 5.97 Å². The lowest BCUT2D eigenvalue weighted by Gasteiger charge is -2.34. The van der Waals surface area contributed by atoms with Crippen LogP contribution in [0.2, 0.25) is 0 Å². The van der Waals surface area contributed by atoms with E-state index in [4.69, 9.17) is 4.74 Å². The van der Waals surface area contributed by atoms with Crippen molar-refractivity contribution in [2.45, 2.75) is 38.5 Å². The first-order chi connectivity index (χ1) is 8.72. The second-order valence-corrected chi connectivity index (χ2v) is 4.61. The van der Waals surface area contributed by atoms with Gasteiger partial charge in [0, 0.05) is 5.41 Å². The van der Waals surface area contributed by atoms with Gasteiger partial charge < -0.3 is 10.1 Å². The Kier molecular flexibility index (Phi) is 3.96. The van der Waals surface area contributed by atoms with Crippen molar-refractivity contribution in [2.75, 3.05) is 19.7 Å². The van der Waals surface area contributed by atoms with Crippen LogP contribution in [-0.2, 0) is 10.2 Å². The zero-order chi connectivity index (χ0) is 13.0. The van der Waals surface area contributed by atoms with Gasteiger partial charge in [-0.15, -0.1) is 5.10 Å². The molecule has 1 aromatic heterocycles. The van der Waals surface area contributed by atoms with Crippen molar-refractivity contribution in [1.29, 1.82) is 0 Å². The molecule has 100 valence electrons. The number of nitrogens with zero attached hydrogens (tertiary/aromatic N) is 2. The lowest BCUT2D eigenvalue weighted by molar-refractivity contribution is 0.0512. The summed E-state index contributed by atoms with van der Waals surface area (Å²) in [5.41, 5.74) is 0.0169. The first-order valence-electron chi connectivity index (χ1n) is 6.52. The van der Waals surface area contributed by atoms with Crippen LogP contribution in [0, 0.1) is 0 Å². The fraction of sp³-hybridized carbons (Fsp3) is 0.750. The highest BCUT2D eigenvalue weighted by molar-refractivity contribution is 5.84. The van der Waals surface area contributed by atoms with E-state index < -0.39 is 5.97 Å². The quantitative estimate of drug-likeness (QED) is 0.782. The van der Waals surface area contributed by atoms with Gasteiger partial charge in [0.15, 0.2) is 0 Å². The number of hydrogen-bond donors (Lipinski definition) is 2. The summed E-state index contributed by atoms with van der Waals surface area (Å²) in [5, 5.41) is 10.2. The number of aromatic amines is 1. The topological polar surface area (TPSA) is 79.9 Å². The number of ether oxygens (including phenoxy) is 1. The maximum absolute atomic E-state index is 11.6. The maximum atomic E-state index is 11.6. The number of hydrogen-bond acceptors (Lipinski definition) is 5. The molecule has 1 aliphatic rings. The molecular weight excluding hydrogens is 232 g/mol. The number of aromatic nitrogens is 3.